The largest absolute Gasteiger partial charge is 0.489 e. The summed E-state index contributed by atoms with van der Waals surface area (Å²) < 4.78 is 24.3. The van der Waals surface area contributed by atoms with E-state index in [-0.39, 0.29) is 24.6 Å². The van der Waals surface area contributed by atoms with Gasteiger partial charge in [0.2, 0.25) is 0 Å². The molecule has 0 radical (unpaired) electrons. The van der Waals surface area contributed by atoms with Crippen LogP contribution in [0.25, 0.3) is 0 Å². The maximum absolute atomic E-state index is 13.0. The van der Waals surface area contributed by atoms with Gasteiger partial charge in [0.05, 0.1) is 12.1 Å². The number of hydrogen-bond acceptors (Lipinski definition) is 5. The molecule has 3 rings (SSSR count). The lowest BCUT2D eigenvalue weighted by atomic mass is 10.0. The Morgan fingerprint density at radius 3 is 2.13 bits per heavy atom. The van der Waals surface area contributed by atoms with Gasteiger partial charge in [0.25, 0.3) is 0 Å². The van der Waals surface area contributed by atoms with Gasteiger partial charge < -0.3 is 25.7 Å². The normalized spacial score (nSPS) is 11.5. The molecule has 0 amide bonds. The quantitative estimate of drug-likeness (QED) is 0.422. The van der Waals surface area contributed by atoms with Crippen LogP contribution in [0.15, 0.2) is 72.8 Å². The van der Waals surface area contributed by atoms with Crippen LogP contribution < -0.4 is 15.2 Å². The Morgan fingerprint density at radius 1 is 0.935 bits per heavy atom. The summed E-state index contributed by atoms with van der Waals surface area (Å²) in [5.74, 6) is -0.00717. The van der Waals surface area contributed by atoms with Gasteiger partial charge in [-0.05, 0) is 53.1 Å². The second-order valence-electron chi connectivity index (χ2n) is 6.98. The molecule has 7 heteroatoms. The number of aliphatic carboxylic acids is 1. The lowest BCUT2D eigenvalue weighted by Gasteiger charge is -2.12. The van der Waals surface area contributed by atoms with Crippen molar-refractivity contribution < 1.29 is 23.8 Å². The molecule has 0 spiro atoms. The van der Waals surface area contributed by atoms with Gasteiger partial charge in [0.15, 0.2) is 0 Å². The van der Waals surface area contributed by atoms with E-state index < -0.39 is 12.0 Å². The predicted molar refractivity (Wildman–Crippen MR) is 115 cm³/mol. The summed E-state index contributed by atoms with van der Waals surface area (Å²) in [6.45, 7) is 0.435. The fraction of sp³-hybridized carbons (Fsp3) is 0.167. The first-order chi connectivity index (χ1) is 14.9. The second kappa shape index (κ2) is 10.4. The van der Waals surface area contributed by atoms with E-state index >= 15 is 0 Å². The van der Waals surface area contributed by atoms with Crippen molar-refractivity contribution in [3.63, 3.8) is 0 Å². The molecule has 0 bridgehead atoms. The zero-order valence-electron chi connectivity index (χ0n) is 16.8. The molecule has 0 saturated heterocycles. The number of nitrogens with one attached hydrogen (secondary N) is 1. The third-order valence-corrected chi connectivity index (χ3v) is 4.61. The highest BCUT2D eigenvalue weighted by Gasteiger charge is 2.10. The van der Waals surface area contributed by atoms with Crippen LogP contribution in [0, 0.1) is 11.2 Å². The number of carboxylic acids is 1. The van der Waals surface area contributed by atoms with Crippen molar-refractivity contribution in [3.05, 3.63) is 95.3 Å². The topological polar surface area (TPSA) is 106 Å². The van der Waals surface area contributed by atoms with Gasteiger partial charge in [0.1, 0.15) is 30.5 Å². The minimum Gasteiger partial charge on any atom is -0.489 e. The molecule has 0 heterocycles. The van der Waals surface area contributed by atoms with Crippen LogP contribution >= 0.6 is 0 Å². The summed E-state index contributed by atoms with van der Waals surface area (Å²) in [6, 6.07) is 19.5. The van der Waals surface area contributed by atoms with E-state index in [1.165, 1.54) is 12.1 Å². The van der Waals surface area contributed by atoms with E-state index in [1.807, 2.05) is 12.1 Å². The van der Waals surface area contributed by atoms with E-state index in [0.29, 0.717) is 23.7 Å². The van der Waals surface area contributed by atoms with Crippen LogP contribution in [0.1, 0.15) is 29.2 Å². The third kappa shape index (κ3) is 6.65. The van der Waals surface area contributed by atoms with Crippen LogP contribution in [-0.4, -0.2) is 23.4 Å². The average Bonchev–Trinajstić information content (AvgIpc) is 2.77. The Morgan fingerprint density at radius 2 is 1.52 bits per heavy atom. The summed E-state index contributed by atoms with van der Waals surface area (Å²) in [7, 11) is 0. The number of rotatable bonds is 10. The Hall–Kier alpha value is -3.71. The smallest absolute Gasteiger partial charge is 0.305 e. The molecule has 3 aromatic carbocycles. The van der Waals surface area contributed by atoms with Gasteiger partial charge in [-0.1, -0.05) is 36.4 Å². The van der Waals surface area contributed by atoms with Gasteiger partial charge in [-0.15, -0.1) is 0 Å². The van der Waals surface area contributed by atoms with Crippen molar-refractivity contribution in [2.75, 3.05) is 6.61 Å². The summed E-state index contributed by atoms with van der Waals surface area (Å²) in [5.41, 5.74) is 8.40. The molecule has 4 N–H and O–H groups in total. The van der Waals surface area contributed by atoms with Gasteiger partial charge in [-0.2, -0.15) is 0 Å². The summed E-state index contributed by atoms with van der Waals surface area (Å²) in [4.78, 5) is 10.7. The monoisotopic (exact) mass is 422 g/mol. The molecular formula is C24H23FN2O4. The molecule has 0 saturated carbocycles. The Kier molecular flexibility index (Phi) is 7.35. The van der Waals surface area contributed by atoms with Crippen molar-refractivity contribution >= 4 is 11.7 Å². The fourth-order valence-electron chi connectivity index (χ4n) is 2.86. The van der Waals surface area contributed by atoms with Gasteiger partial charge in [0, 0.05) is 6.04 Å². The van der Waals surface area contributed by atoms with Crippen molar-refractivity contribution in [1.29, 1.82) is 5.41 Å². The molecule has 1 unspecified atom stereocenters. The Balaban J connectivity index is 1.47. The van der Waals surface area contributed by atoms with E-state index in [1.54, 1.807) is 48.5 Å². The molecule has 31 heavy (non-hydrogen) atoms. The van der Waals surface area contributed by atoms with Gasteiger partial charge >= 0.3 is 5.97 Å². The van der Waals surface area contributed by atoms with Crippen molar-refractivity contribution in [1.82, 2.24) is 0 Å². The van der Waals surface area contributed by atoms with E-state index in [4.69, 9.17) is 25.7 Å². The molecule has 1 atom stereocenters. The maximum Gasteiger partial charge on any atom is 0.305 e. The molecule has 0 aliphatic heterocycles. The average molecular weight is 422 g/mol. The Bertz CT molecular complexity index is 1020. The zero-order chi connectivity index (χ0) is 22.2. The molecule has 0 aromatic heterocycles. The number of hydrogen-bond donors (Lipinski definition) is 3. The number of benzene rings is 3. The van der Waals surface area contributed by atoms with E-state index in [0.717, 1.165) is 11.1 Å². The minimum absolute atomic E-state index is 0.0812. The zero-order valence-corrected chi connectivity index (χ0v) is 16.8. The molecule has 0 aliphatic carbocycles. The minimum atomic E-state index is -0.937. The standard InChI is InChI=1S/C24H23FN2O4/c25-19-7-3-18(4-8-19)23(27)15-31-20-9-1-16(2-10-20)14-30-21-11-5-17(6-12-21)22(26)13-24(28)29/h1-12,22,27H,13-15,26H2,(H,28,29). The van der Waals surface area contributed by atoms with Gasteiger partial charge in [-0.25, -0.2) is 4.39 Å². The van der Waals surface area contributed by atoms with Crippen LogP contribution in [-0.2, 0) is 11.4 Å². The molecule has 3 aromatic rings. The molecule has 160 valence electrons. The van der Waals surface area contributed by atoms with Gasteiger partial charge in [-0.3, -0.25) is 4.79 Å². The number of carbonyl (C=O) groups is 1. The predicted octanol–water partition coefficient (Wildman–Crippen LogP) is 4.33. The lowest BCUT2D eigenvalue weighted by Crippen LogP contribution is -2.14. The van der Waals surface area contributed by atoms with E-state index in [9.17, 15) is 9.18 Å². The third-order valence-electron chi connectivity index (χ3n) is 4.61. The molecule has 0 fully saturated rings. The lowest BCUT2D eigenvalue weighted by molar-refractivity contribution is -0.137. The number of halogens is 1. The SMILES string of the molecule is N=C(COc1ccc(COc2ccc(C(N)CC(=O)O)cc2)cc1)c1ccc(F)cc1. The van der Waals surface area contributed by atoms with E-state index in [2.05, 4.69) is 0 Å². The number of ether oxygens (including phenoxy) is 2. The first-order valence-electron chi connectivity index (χ1n) is 9.66. The number of carboxylic acid groups (broad SMARTS) is 1. The maximum atomic E-state index is 13.0. The fourth-order valence-corrected chi connectivity index (χ4v) is 2.86. The van der Waals surface area contributed by atoms with Crippen molar-refractivity contribution in [2.24, 2.45) is 5.73 Å². The molecular weight excluding hydrogens is 399 g/mol. The highest BCUT2D eigenvalue weighted by molar-refractivity contribution is 5.99. The second-order valence-corrected chi connectivity index (χ2v) is 6.98. The summed E-state index contributed by atoms with van der Waals surface area (Å²) >= 11 is 0. The van der Waals surface area contributed by atoms with Crippen LogP contribution in [0.4, 0.5) is 4.39 Å². The van der Waals surface area contributed by atoms with Crippen LogP contribution in [0.2, 0.25) is 0 Å². The molecule has 6 nitrogen and oxygen atoms in total. The van der Waals surface area contributed by atoms with Crippen molar-refractivity contribution in [3.8, 4) is 11.5 Å². The highest BCUT2D eigenvalue weighted by atomic mass is 19.1. The van der Waals surface area contributed by atoms with Crippen molar-refractivity contribution in [2.45, 2.75) is 19.1 Å². The molecule has 0 aliphatic rings. The van der Waals surface area contributed by atoms with Crippen LogP contribution in [0.5, 0.6) is 11.5 Å². The Labute approximate surface area is 179 Å². The van der Waals surface area contributed by atoms with Crippen LogP contribution in [0.3, 0.4) is 0 Å². The number of nitrogens with two attached hydrogens (primary N) is 1. The summed E-state index contributed by atoms with van der Waals surface area (Å²) in [5, 5.41) is 16.8. The first-order valence-corrected chi connectivity index (χ1v) is 9.66. The first kappa shape index (κ1) is 22.0. The highest BCUT2D eigenvalue weighted by Crippen LogP contribution is 2.20. The summed E-state index contributed by atoms with van der Waals surface area (Å²) in [6.07, 6.45) is -0.127.